The summed E-state index contributed by atoms with van der Waals surface area (Å²) in [5.41, 5.74) is 1.72. The first-order valence-electron chi connectivity index (χ1n) is 6.84. The smallest absolute Gasteiger partial charge is 0.138 e. The molecule has 21 heavy (non-hydrogen) atoms. The van der Waals surface area contributed by atoms with E-state index in [9.17, 15) is 0 Å². The van der Waals surface area contributed by atoms with Gasteiger partial charge >= 0.3 is 0 Å². The molecule has 0 aliphatic carbocycles. The predicted molar refractivity (Wildman–Crippen MR) is 90.5 cm³/mol. The molecular weight excluding hydrogens is 305 g/mol. The second-order valence-electron chi connectivity index (χ2n) is 4.76. The van der Waals surface area contributed by atoms with Crippen LogP contribution in [0.1, 0.15) is 25.8 Å². The van der Waals surface area contributed by atoms with Crippen LogP contribution >= 0.6 is 23.2 Å². The van der Waals surface area contributed by atoms with Gasteiger partial charge in [-0.15, -0.1) is 0 Å². The van der Waals surface area contributed by atoms with Crippen LogP contribution in [-0.4, -0.2) is 12.3 Å². The molecule has 2 nitrogen and oxygen atoms in total. The lowest BCUT2D eigenvalue weighted by molar-refractivity contribution is 0.217. The van der Waals surface area contributed by atoms with Gasteiger partial charge in [0, 0.05) is 11.2 Å². The monoisotopic (exact) mass is 321 g/mol. The van der Waals surface area contributed by atoms with Gasteiger partial charge in [-0.25, -0.2) is 0 Å². The third kappa shape index (κ3) is 4.76. The fourth-order valence-corrected chi connectivity index (χ4v) is 2.12. The molecular formula is C17H17Cl2NO. The fraction of sp³-hybridized carbons (Fsp3) is 0.235. The number of rotatable bonds is 5. The molecule has 2 aromatic rings. The van der Waals surface area contributed by atoms with Crippen LogP contribution < -0.4 is 4.74 Å². The minimum Gasteiger partial charge on any atom is -0.489 e. The summed E-state index contributed by atoms with van der Waals surface area (Å²) in [5, 5.41) is 1.25. The second kappa shape index (κ2) is 7.48. The van der Waals surface area contributed by atoms with Gasteiger partial charge in [0.05, 0.1) is 16.8 Å². The minimum absolute atomic E-state index is 0.147. The summed E-state index contributed by atoms with van der Waals surface area (Å²) in [4.78, 5) is 4.38. The summed E-state index contributed by atoms with van der Waals surface area (Å²) in [6.07, 6.45) is 2.84. The van der Waals surface area contributed by atoms with Crippen molar-refractivity contribution in [1.29, 1.82) is 0 Å². The van der Waals surface area contributed by atoms with E-state index in [0.29, 0.717) is 15.8 Å². The molecule has 110 valence electrons. The zero-order valence-corrected chi connectivity index (χ0v) is 13.5. The molecule has 4 heteroatoms. The highest BCUT2D eigenvalue weighted by Gasteiger charge is 2.06. The summed E-state index contributed by atoms with van der Waals surface area (Å²) >= 11 is 12.2. The van der Waals surface area contributed by atoms with Crippen LogP contribution in [0.2, 0.25) is 10.0 Å². The molecule has 0 heterocycles. The first kappa shape index (κ1) is 15.9. The lowest BCUT2D eigenvalue weighted by Crippen LogP contribution is -2.09. The molecule has 0 saturated heterocycles. The molecule has 0 bridgehead atoms. The third-order valence-corrected chi connectivity index (χ3v) is 3.56. The fourth-order valence-electron chi connectivity index (χ4n) is 1.70. The molecule has 2 rings (SSSR count). The van der Waals surface area contributed by atoms with E-state index in [0.717, 1.165) is 17.7 Å². The predicted octanol–water partition coefficient (Wildman–Crippen LogP) is 5.92. The molecule has 0 amide bonds. The highest BCUT2D eigenvalue weighted by molar-refractivity contribution is 6.32. The van der Waals surface area contributed by atoms with Gasteiger partial charge < -0.3 is 4.74 Å². The van der Waals surface area contributed by atoms with Crippen LogP contribution in [0.25, 0.3) is 0 Å². The maximum Gasteiger partial charge on any atom is 0.138 e. The summed E-state index contributed by atoms with van der Waals surface area (Å²) in [7, 11) is 0. The van der Waals surface area contributed by atoms with E-state index < -0.39 is 0 Å². The van der Waals surface area contributed by atoms with E-state index in [2.05, 4.69) is 11.9 Å². The Kier molecular flexibility index (Phi) is 5.66. The Bertz CT molecular complexity index is 640. The molecule has 0 fully saturated rings. The molecule has 1 atom stereocenters. The van der Waals surface area contributed by atoms with Gasteiger partial charge in [0.25, 0.3) is 0 Å². The molecule has 0 aliphatic heterocycles. The highest BCUT2D eigenvalue weighted by Crippen LogP contribution is 2.26. The third-order valence-electron chi connectivity index (χ3n) is 3.03. The number of hydrogen-bond acceptors (Lipinski definition) is 2. The van der Waals surface area contributed by atoms with Crippen molar-refractivity contribution in [2.24, 2.45) is 4.99 Å². The van der Waals surface area contributed by atoms with Crippen molar-refractivity contribution in [2.45, 2.75) is 26.4 Å². The Morgan fingerprint density at radius 2 is 2.00 bits per heavy atom. The standard InChI is InChI=1S/C17H17Cl2NO/c1-3-12(2)21-17-8-7-13(9-16(17)19)11-20-15-6-4-5-14(18)10-15/h4-12H,3H2,1-2H3/t12-/m1/s1. The molecule has 0 aliphatic rings. The molecule has 0 aromatic heterocycles. The first-order chi connectivity index (χ1) is 10.1. The topological polar surface area (TPSA) is 21.6 Å². The van der Waals surface area contributed by atoms with Crippen molar-refractivity contribution in [2.75, 3.05) is 0 Å². The van der Waals surface area contributed by atoms with Crippen LogP contribution in [-0.2, 0) is 0 Å². The lowest BCUT2D eigenvalue weighted by Gasteiger charge is -2.13. The largest absolute Gasteiger partial charge is 0.489 e. The van der Waals surface area contributed by atoms with Crippen LogP contribution in [0.4, 0.5) is 5.69 Å². The van der Waals surface area contributed by atoms with Crippen molar-refractivity contribution in [3.05, 3.63) is 58.1 Å². The van der Waals surface area contributed by atoms with E-state index >= 15 is 0 Å². The maximum absolute atomic E-state index is 6.23. The van der Waals surface area contributed by atoms with Crippen LogP contribution in [0.5, 0.6) is 5.75 Å². The van der Waals surface area contributed by atoms with Crippen molar-refractivity contribution in [1.82, 2.24) is 0 Å². The molecule has 0 saturated carbocycles. The number of halogens is 2. The second-order valence-corrected chi connectivity index (χ2v) is 5.61. The van der Waals surface area contributed by atoms with Gasteiger partial charge in [0.15, 0.2) is 0 Å². The zero-order chi connectivity index (χ0) is 15.2. The number of benzene rings is 2. The normalized spacial score (nSPS) is 12.6. The highest BCUT2D eigenvalue weighted by atomic mass is 35.5. The Labute approximate surface area is 135 Å². The quantitative estimate of drug-likeness (QED) is 0.626. The van der Waals surface area contributed by atoms with Gasteiger partial charge in [-0.1, -0.05) is 36.2 Å². The van der Waals surface area contributed by atoms with E-state index in [1.807, 2.05) is 43.3 Å². The Morgan fingerprint density at radius 3 is 2.67 bits per heavy atom. The van der Waals surface area contributed by atoms with Gasteiger partial charge in [-0.2, -0.15) is 0 Å². The molecule has 0 N–H and O–H groups in total. The SMILES string of the molecule is CC[C@@H](C)Oc1ccc(C=Nc2cccc(Cl)c2)cc1Cl. The van der Waals surface area contributed by atoms with Crippen molar-refractivity contribution >= 4 is 35.1 Å². The maximum atomic E-state index is 6.23. The summed E-state index contributed by atoms with van der Waals surface area (Å²) in [5.74, 6) is 0.700. The first-order valence-corrected chi connectivity index (χ1v) is 7.60. The van der Waals surface area contributed by atoms with Gasteiger partial charge in [0.2, 0.25) is 0 Å². The Hall–Kier alpha value is -1.51. The number of aliphatic imine (C=N–C) groups is 1. The van der Waals surface area contributed by atoms with Crippen LogP contribution in [0.15, 0.2) is 47.5 Å². The minimum atomic E-state index is 0.147. The molecule has 2 aromatic carbocycles. The number of nitrogens with zero attached hydrogens (tertiary/aromatic N) is 1. The van der Waals surface area contributed by atoms with Gasteiger partial charge in [0.1, 0.15) is 5.75 Å². The molecule has 0 radical (unpaired) electrons. The average molecular weight is 322 g/mol. The average Bonchev–Trinajstić information content (AvgIpc) is 2.47. The Morgan fingerprint density at radius 1 is 1.19 bits per heavy atom. The van der Waals surface area contributed by atoms with E-state index in [1.165, 1.54) is 0 Å². The van der Waals surface area contributed by atoms with Crippen molar-refractivity contribution in [3.8, 4) is 5.75 Å². The molecule has 0 unspecified atom stereocenters. The molecule has 0 spiro atoms. The summed E-state index contributed by atoms with van der Waals surface area (Å²) < 4.78 is 5.73. The number of ether oxygens (including phenoxy) is 1. The van der Waals surface area contributed by atoms with Crippen LogP contribution in [0.3, 0.4) is 0 Å². The van der Waals surface area contributed by atoms with E-state index in [4.69, 9.17) is 27.9 Å². The van der Waals surface area contributed by atoms with Crippen molar-refractivity contribution < 1.29 is 4.74 Å². The van der Waals surface area contributed by atoms with Crippen LogP contribution in [0, 0.1) is 0 Å². The van der Waals surface area contributed by atoms with Gasteiger partial charge in [-0.05, 0) is 55.3 Å². The number of hydrogen-bond donors (Lipinski definition) is 0. The van der Waals surface area contributed by atoms with Crippen molar-refractivity contribution in [3.63, 3.8) is 0 Å². The summed E-state index contributed by atoms with van der Waals surface area (Å²) in [6.45, 7) is 4.09. The Balaban J connectivity index is 2.13. The van der Waals surface area contributed by atoms with Gasteiger partial charge in [-0.3, -0.25) is 4.99 Å². The summed E-state index contributed by atoms with van der Waals surface area (Å²) in [6, 6.07) is 13.0. The van der Waals surface area contributed by atoms with E-state index in [-0.39, 0.29) is 6.10 Å². The lowest BCUT2D eigenvalue weighted by atomic mass is 10.2. The van der Waals surface area contributed by atoms with E-state index in [1.54, 1.807) is 12.3 Å². The zero-order valence-electron chi connectivity index (χ0n) is 12.0.